The molecule has 3 rings (SSSR count). The Balaban J connectivity index is 1.54. The van der Waals surface area contributed by atoms with Crippen LogP contribution in [-0.2, 0) is 20.1 Å². The highest BCUT2D eigenvalue weighted by Crippen LogP contribution is 2.26. The van der Waals surface area contributed by atoms with Crippen molar-refractivity contribution in [2.45, 2.75) is 13.1 Å². The van der Waals surface area contributed by atoms with Gasteiger partial charge in [0.25, 0.3) is 0 Å². The SMILES string of the molecule is Cn1c(Cl)cnc1CN1CCN(Cc2cccc(Cl)c2Cl)CC1. The third-order valence-electron chi connectivity index (χ3n) is 4.28. The number of piperazine rings is 1. The molecule has 1 fully saturated rings. The highest BCUT2D eigenvalue weighted by molar-refractivity contribution is 6.42. The van der Waals surface area contributed by atoms with Crippen molar-refractivity contribution in [2.24, 2.45) is 7.05 Å². The third kappa shape index (κ3) is 4.01. The largest absolute Gasteiger partial charge is 0.321 e. The number of aromatic nitrogens is 2. The van der Waals surface area contributed by atoms with Gasteiger partial charge in [-0.3, -0.25) is 9.80 Å². The van der Waals surface area contributed by atoms with Crippen molar-refractivity contribution >= 4 is 34.8 Å². The summed E-state index contributed by atoms with van der Waals surface area (Å²) < 4.78 is 1.93. The minimum atomic E-state index is 0.620. The van der Waals surface area contributed by atoms with E-state index in [1.54, 1.807) is 6.20 Å². The molecule has 4 nitrogen and oxygen atoms in total. The molecule has 1 aromatic heterocycles. The molecule has 1 aromatic carbocycles. The van der Waals surface area contributed by atoms with Crippen molar-refractivity contribution in [3.8, 4) is 0 Å². The van der Waals surface area contributed by atoms with Crippen LogP contribution in [0.15, 0.2) is 24.4 Å². The molecule has 1 saturated heterocycles. The summed E-state index contributed by atoms with van der Waals surface area (Å²) in [6.07, 6.45) is 1.70. The van der Waals surface area contributed by atoms with Crippen LogP contribution in [0.4, 0.5) is 0 Å². The summed E-state index contributed by atoms with van der Waals surface area (Å²) in [5, 5.41) is 1.96. The highest BCUT2D eigenvalue weighted by atomic mass is 35.5. The van der Waals surface area contributed by atoms with Gasteiger partial charge in [-0.25, -0.2) is 4.98 Å². The van der Waals surface area contributed by atoms with Crippen LogP contribution in [0, 0.1) is 0 Å². The molecule has 0 amide bonds. The number of benzene rings is 1. The number of halogens is 3. The molecule has 0 aliphatic carbocycles. The maximum absolute atomic E-state index is 6.28. The van der Waals surface area contributed by atoms with Crippen LogP contribution in [0.3, 0.4) is 0 Å². The maximum atomic E-state index is 6.28. The molecule has 23 heavy (non-hydrogen) atoms. The van der Waals surface area contributed by atoms with Crippen molar-refractivity contribution < 1.29 is 0 Å². The Bertz CT molecular complexity index is 678. The van der Waals surface area contributed by atoms with Gasteiger partial charge in [0.2, 0.25) is 0 Å². The number of hydrogen-bond donors (Lipinski definition) is 0. The molecule has 1 aliphatic rings. The fraction of sp³-hybridized carbons (Fsp3) is 0.438. The van der Waals surface area contributed by atoms with E-state index < -0.39 is 0 Å². The second-order valence-electron chi connectivity index (χ2n) is 5.82. The molecule has 2 aromatic rings. The third-order valence-corrected chi connectivity index (χ3v) is 5.49. The molecule has 0 unspecified atom stereocenters. The average molecular weight is 374 g/mol. The normalized spacial score (nSPS) is 16.9. The van der Waals surface area contributed by atoms with Crippen LogP contribution in [0.2, 0.25) is 15.2 Å². The molecular formula is C16H19Cl3N4. The van der Waals surface area contributed by atoms with E-state index in [2.05, 4.69) is 14.8 Å². The molecule has 0 spiro atoms. The first-order chi connectivity index (χ1) is 11.0. The average Bonchev–Trinajstić information content (AvgIpc) is 2.86. The zero-order chi connectivity index (χ0) is 16.4. The van der Waals surface area contributed by atoms with E-state index >= 15 is 0 Å². The van der Waals surface area contributed by atoms with Crippen LogP contribution in [0.5, 0.6) is 0 Å². The van der Waals surface area contributed by atoms with Crippen LogP contribution in [0.25, 0.3) is 0 Å². The van der Waals surface area contributed by atoms with Crippen molar-refractivity contribution in [3.05, 3.63) is 51.0 Å². The minimum Gasteiger partial charge on any atom is -0.321 e. The monoisotopic (exact) mass is 372 g/mol. The lowest BCUT2D eigenvalue weighted by atomic mass is 10.2. The van der Waals surface area contributed by atoms with Crippen LogP contribution >= 0.6 is 34.8 Å². The van der Waals surface area contributed by atoms with E-state index in [-0.39, 0.29) is 0 Å². The fourth-order valence-electron chi connectivity index (χ4n) is 2.79. The van der Waals surface area contributed by atoms with Crippen molar-refractivity contribution in [3.63, 3.8) is 0 Å². The van der Waals surface area contributed by atoms with E-state index in [1.807, 2.05) is 29.8 Å². The zero-order valence-electron chi connectivity index (χ0n) is 13.0. The molecule has 0 atom stereocenters. The van der Waals surface area contributed by atoms with Gasteiger partial charge < -0.3 is 4.57 Å². The van der Waals surface area contributed by atoms with Gasteiger partial charge in [0, 0.05) is 39.8 Å². The smallest absolute Gasteiger partial charge is 0.128 e. The summed E-state index contributed by atoms with van der Waals surface area (Å²) in [4.78, 5) is 9.16. The fourth-order valence-corrected chi connectivity index (χ4v) is 3.31. The Morgan fingerprint density at radius 1 is 1.00 bits per heavy atom. The number of hydrogen-bond acceptors (Lipinski definition) is 3. The summed E-state index contributed by atoms with van der Waals surface area (Å²) in [6, 6.07) is 5.81. The molecule has 0 radical (unpaired) electrons. The molecule has 0 N–H and O–H groups in total. The van der Waals surface area contributed by atoms with Gasteiger partial charge in [-0.2, -0.15) is 0 Å². The predicted octanol–water partition coefficient (Wildman–Crippen LogP) is 3.70. The first kappa shape index (κ1) is 17.1. The zero-order valence-corrected chi connectivity index (χ0v) is 15.2. The van der Waals surface area contributed by atoms with Crippen LogP contribution in [-0.4, -0.2) is 45.5 Å². The topological polar surface area (TPSA) is 24.3 Å². The van der Waals surface area contributed by atoms with E-state index in [0.717, 1.165) is 50.7 Å². The highest BCUT2D eigenvalue weighted by Gasteiger charge is 2.19. The lowest BCUT2D eigenvalue weighted by molar-refractivity contribution is 0.119. The molecule has 2 heterocycles. The second-order valence-corrected chi connectivity index (χ2v) is 6.99. The first-order valence-corrected chi connectivity index (χ1v) is 8.71. The molecule has 7 heteroatoms. The van der Waals surface area contributed by atoms with E-state index in [0.29, 0.717) is 15.2 Å². The van der Waals surface area contributed by atoms with Gasteiger partial charge in [0.1, 0.15) is 11.0 Å². The van der Waals surface area contributed by atoms with Crippen molar-refractivity contribution in [1.29, 1.82) is 0 Å². The van der Waals surface area contributed by atoms with E-state index in [4.69, 9.17) is 34.8 Å². The molecule has 124 valence electrons. The second kappa shape index (κ2) is 7.41. The summed E-state index contributed by atoms with van der Waals surface area (Å²) in [5.41, 5.74) is 1.09. The van der Waals surface area contributed by atoms with Crippen LogP contribution < -0.4 is 0 Å². The Kier molecular flexibility index (Phi) is 5.49. The standard InChI is InChI=1S/C16H19Cl3N4/c1-21-14(18)9-20-15(21)11-23-7-5-22(6-8-23)10-12-3-2-4-13(17)16(12)19/h2-4,9H,5-8,10-11H2,1H3. The summed E-state index contributed by atoms with van der Waals surface area (Å²) >= 11 is 18.4. The molecular weight excluding hydrogens is 355 g/mol. The molecule has 0 bridgehead atoms. The molecule has 1 aliphatic heterocycles. The van der Waals surface area contributed by atoms with Gasteiger partial charge in [-0.1, -0.05) is 46.9 Å². The van der Waals surface area contributed by atoms with Crippen molar-refractivity contribution in [1.82, 2.24) is 19.4 Å². The van der Waals surface area contributed by atoms with Gasteiger partial charge in [-0.15, -0.1) is 0 Å². The number of imidazole rings is 1. The first-order valence-electron chi connectivity index (χ1n) is 7.58. The summed E-state index contributed by atoms with van der Waals surface area (Å²) in [5.74, 6) is 1.00. The Labute approximate surface area is 151 Å². The quantitative estimate of drug-likeness (QED) is 0.817. The van der Waals surface area contributed by atoms with Gasteiger partial charge >= 0.3 is 0 Å². The Morgan fingerprint density at radius 2 is 1.65 bits per heavy atom. The predicted molar refractivity (Wildman–Crippen MR) is 95.2 cm³/mol. The maximum Gasteiger partial charge on any atom is 0.128 e. The lowest BCUT2D eigenvalue weighted by Gasteiger charge is -2.34. The van der Waals surface area contributed by atoms with Crippen LogP contribution in [0.1, 0.15) is 11.4 Å². The van der Waals surface area contributed by atoms with E-state index in [9.17, 15) is 0 Å². The minimum absolute atomic E-state index is 0.620. The van der Waals surface area contributed by atoms with Crippen molar-refractivity contribution in [2.75, 3.05) is 26.2 Å². The Morgan fingerprint density at radius 3 is 2.26 bits per heavy atom. The molecule has 0 saturated carbocycles. The summed E-state index contributed by atoms with van der Waals surface area (Å²) in [7, 11) is 1.95. The number of rotatable bonds is 4. The number of nitrogens with zero attached hydrogens (tertiary/aromatic N) is 4. The lowest BCUT2D eigenvalue weighted by Crippen LogP contribution is -2.45. The van der Waals surface area contributed by atoms with Gasteiger partial charge in [-0.05, 0) is 11.6 Å². The van der Waals surface area contributed by atoms with E-state index in [1.165, 1.54) is 0 Å². The van der Waals surface area contributed by atoms with Gasteiger partial charge in [0.15, 0.2) is 0 Å². The Hall–Kier alpha value is -0.780. The summed E-state index contributed by atoms with van der Waals surface area (Å²) in [6.45, 7) is 5.67. The van der Waals surface area contributed by atoms with Gasteiger partial charge in [0.05, 0.1) is 22.8 Å².